The zero-order valence-corrected chi connectivity index (χ0v) is 19.5. The van der Waals surface area contributed by atoms with Crippen LogP contribution in [0, 0.1) is 23.6 Å². The Labute approximate surface area is 204 Å². The molecule has 1 aliphatic rings. The van der Waals surface area contributed by atoms with Crippen LogP contribution in [0.1, 0.15) is 0 Å². The van der Waals surface area contributed by atoms with E-state index in [9.17, 15) is 23.6 Å². The second-order valence-corrected chi connectivity index (χ2v) is 8.66. The first kappa shape index (κ1) is 24.1. The number of carbonyl (C=O) groups excluding carboxylic acids is 3. The molecule has 0 saturated heterocycles. The number of rotatable bonds is 6. The highest BCUT2D eigenvalue weighted by Gasteiger charge is 2.63. The summed E-state index contributed by atoms with van der Waals surface area (Å²) in [7, 11) is 3.05. The number of nitrogens with one attached hydrogen (secondary N) is 2. The summed E-state index contributed by atoms with van der Waals surface area (Å²) in [5.41, 5.74) is -0.189. The highest BCUT2D eigenvalue weighted by Crippen LogP contribution is 2.48. The zero-order chi connectivity index (χ0) is 25.3. The Bertz CT molecular complexity index is 1360. The number of nitrogens with zero attached hydrogens (tertiary/aromatic N) is 3. The van der Waals surface area contributed by atoms with E-state index in [1.54, 1.807) is 18.2 Å². The molecule has 3 atom stereocenters. The molecule has 9 nitrogen and oxygen atoms in total. The average molecular weight is 498 g/mol. The van der Waals surface area contributed by atoms with E-state index in [4.69, 9.17) is 11.6 Å². The minimum absolute atomic E-state index is 0.135. The molecule has 4 rings (SSSR count). The van der Waals surface area contributed by atoms with Gasteiger partial charge in [0.05, 0.1) is 34.2 Å². The second kappa shape index (κ2) is 9.67. The van der Waals surface area contributed by atoms with Crippen LogP contribution in [0.3, 0.4) is 0 Å². The standard InChI is InChI=1S/C24H21ClFN5O4/c1-30(2)24(35)21-19(20(21)23(34)29-17-9-6-13(25)12-27-17)22(33)28-16-8-7-14(11-15(16)26)31-10-4-3-5-18(31)32/h3-12,19-21H,1-2H3,(H,28,33)(H,27,29,34)/t19-,20+,21+/m0/s1. The van der Waals surface area contributed by atoms with Gasteiger partial charge in [0.1, 0.15) is 11.6 Å². The van der Waals surface area contributed by atoms with Crippen molar-refractivity contribution in [3.63, 3.8) is 0 Å². The van der Waals surface area contributed by atoms with Crippen LogP contribution in [0.2, 0.25) is 5.02 Å². The number of anilines is 2. The molecular weight excluding hydrogens is 477 g/mol. The van der Waals surface area contributed by atoms with E-state index < -0.39 is 41.3 Å². The van der Waals surface area contributed by atoms with Gasteiger partial charge in [-0.3, -0.25) is 23.7 Å². The van der Waals surface area contributed by atoms with Crippen LogP contribution in [0.4, 0.5) is 15.9 Å². The third-order valence-corrected chi connectivity index (χ3v) is 5.86. The van der Waals surface area contributed by atoms with Gasteiger partial charge < -0.3 is 15.5 Å². The van der Waals surface area contributed by atoms with Crippen molar-refractivity contribution in [2.45, 2.75) is 0 Å². The highest BCUT2D eigenvalue weighted by atomic mass is 35.5. The number of amides is 3. The number of halogens is 2. The summed E-state index contributed by atoms with van der Waals surface area (Å²) >= 11 is 5.80. The van der Waals surface area contributed by atoms with Gasteiger partial charge in [-0.25, -0.2) is 9.37 Å². The summed E-state index contributed by atoms with van der Waals surface area (Å²) in [4.78, 5) is 55.7. The van der Waals surface area contributed by atoms with E-state index in [0.29, 0.717) is 5.02 Å². The summed E-state index contributed by atoms with van der Waals surface area (Å²) in [6, 6.07) is 11.5. The van der Waals surface area contributed by atoms with Crippen LogP contribution in [0.25, 0.3) is 5.69 Å². The molecule has 0 aliphatic heterocycles. The first-order chi connectivity index (χ1) is 16.7. The van der Waals surface area contributed by atoms with Crippen molar-refractivity contribution in [1.29, 1.82) is 0 Å². The Morgan fingerprint density at radius 2 is 1.71 bits per heavy atom. The van der Waals surface area contributed by atoms with Gasteiger partial charge in [-0.1, -0.05) is 17.7 Å². The minimum Gasteiger partial charge on any atom is -0.349 e. The predicted molar refractivity (Wildman–Crippen MR) is 128 cm³/mol. The molecular formula is C24H21ClFN5O4. The Balaban J connectivity index is 1.52. The molecule has 3 amide bonds. The van der Waals surface area contributed by atoms with Gasteiger partial charge in [0, 0.05) is 38.6 Å². The fourth-order valence-corrected chi connectivity index (χ4v) is 3.95. The van der Waals surface area contributed by atoms with Crippen molar-refractivity contribution < 1.29 is 18.8 Å². The monoisotopic (exact) mass is 497 g/mol. The summed E-state index contributed by atoms with van der Waals surface area (Å²) in [6.45, 7) is 0. The normalized spacial score (nSPS) is 18.5. The summed E-state index contributed by atoms with van der Waals surface area (Å²) < 4.78 is 16.0. The van der Waals surface area contributed by atoms with E-state index in [1.165, 1.54) is 60.2 Å². The fraction of sp³-hybridized carbons (Fsp3) is 0.208. The molecule has 2 aromatic heterocycles. The number of carbonyl (C=O) groups is 3. The average Bonchev–Trinajstić information content (AvgIpc) is 3.57. The van der Waals surface area contributed by atoms with Gasteiger partial charge in [0.2, 0.25) is 17.7 Å². The van der Waals surface area contributed by atoms with Crippen LogP contribution in [0.5, 0.6) is 0 Å². The van der Waals surface area contributed by atoms with Crippen molar-refractivity contribution >= 4 is 40.8 Å². The molecule has 0 radical (unpaired) electrons. The molecule has 0 spiro atoms. The number of hydrogen-bond donors (Lipinski definition) is 2. The maximum Gasteiger partial charge on any atom is 0.255 e. The van der Waals surface area contributed by atoms with Crippen LogP contribution < -0.4 is 16.2 Å². The molecule has 0 bridgehead atoms. The second-order valence-electron chi connectivity index (χ2n) is 8.22. The summed E-state index contributed by atoms with van der Waals surface area (Å²) in [5, 5.41) is 5.43. The smallest absolute Gasteiger partial charge is 0.255 e. The lowest BCUT2D eigenvalue weighted by Crippen LogP contribution is -2.27. The van der Waals surface area contributed by atoms with E-state index in [-0.39, 0.29) is 22.8 Å². The topological polar surface area (TPSA) is 113 Å². The maximum atomic E-state index is 14.8. The highest BCUT2D eigenvalue weighted by molar-refractivity contribution is 6.30. The van der Waals surface area contributed by atoms with E-state index in [0.717, 1.165) is 6.07 Å². The Kier molecular flexibility index (Phi) is 6.65. The van der Waals surface area contributed by atoms with Gasteiger partial charge in [0.15, 0.2) is 0 Å². The molecule has 1 aromatic carbocycles. The molecule has 3 aromatic rings. The van der Waals surface area contributed by atoms with E-state index in [1.807, 2.05) is 0 Å². The molecule has 2 heterocycles. The molecule has 11 heteroatoms. The van der Waals surface area contributed by atoms with Gasteiger partial charge in [0.25, 0.3) is 5.56 Å². The van der Waals surface area contributed by atoms with Gasteiger partial charge in [-0.2, -0.15) is 0 Å². The Hall–Kier alpha value is -4.05. The SMILES string of the molecule is CN(C)C(=O)[C@H]1[C@H](C(=O)Nc2ccc(Cl)cn2)[C@@H]1C(=O)Nc1ccc(-n2ccccc2=O)cc1F. The van der Waals surface area contributed by atoms with Crippen molar-refractivity contribution in [2.24, 2.45) is 17.8 Å². The third kappa shape index (κ3) is 5.07. The molecule has 1 aliphatic carbocycles. The first-order valence-corrected chi connectivity index (χ1v) is 11.0. The third-order valence-electron chi connectivity index (χ3n) is 5.64. The van der Waals surface area contributed by atoms with Crippen LogP contribution in [-0.4, -0.2) is 46.3 Å². The summed E-state index contributed by atoms with van der Waals surface area (Å²) in [5.74, 6) is -5.01. The Morgan fingerprint density at radius 1 is 1.00 bits per heavy atom. The lowest BCUT2D eigenvalue weighted by molar-refractivity contribution is -0.132. The summed E-state index contributed by atoms with van der Waals surface area (Å²) in [6.07, 6.45) is 2.85. The molecule has 180 valence electrons. The van der Waals surface area contributed by atoms with Crippen LogP contribution in [0.15, 0.2) is 65.7 Å². The van der Waals surface area contributed by atoms with Gasteiger partial charge in [-0.05, 0) is 30.3 Å². The molecule has 0 unspecified atom stereocenters. The van der Waals surface area contributed by atoms with Crippen molar-refractivity contribution in [2.75, 3.05) is 24.7 Å². The lowest BCUT2D eigenvalue weighted by atomic mass is 10.2. The maximum absolute atomic E-state index is 14.8. The minimum atomic E-state index is -0.993. The van der Waals surface area contributed by atoms with Gasteiger partial charge in [-0.15, -0.1) is 0 Å². The van der Waals surface area contributed by atoms with E-state index >= 15 is 0 Å². The molecule has 1 fully saturated rings. The Morgan fingerprint density at radius 3 is 2.31 bits per heavy atom. The lowest BCUT2D eigenvalue weighted by Gasteiger charge is -2.11. The van der Waals surface area contributed by atoms with Crippen molar-refractivity contribution in [3.8, 4) is 5.69 Å². The van der Waals surface area contributed by atoms with Crippen molar-refractivity contribution in [1.82, 2.24) is 14.5 Å². The number of aromatic nitrogens is 2. The largest absolute Gasteiger partial charge is 0.349 e. The number of hydrogen-bond acceptors (Lipinski definition) is 5. The first-order valence-electron chi connectivity index (χ1n) is 10.6. The van der Waals surface area contributed by atoms with Crippen LogP contribution in [-0.2, 0) is 14.4 Å². The molecule has 1 saturated carbocycles. The molecule has 2 N–H and O–H groups in total. The predicted octanol–water partition coefficient (Wildman–Crippen LogP) is 2.55. The number of pyridine rings is 2. The van der Waals surface area contributed by atoms with E-state index in [2.05, 4.69) is 15.6 Å². The number of benzene rings is 1. The quantitative estimate of drug-likeness (QED) is 0.543. The van der Waals surface area contributed by atoms with Crippen LogP contribution >= 0.6 is 11.6 Å². The zero-order valence-electron chi connectivity index (χ0n) is 18.7. The fourth-order valence-electron chi connectivity index (χ4n) is 3.84. The van der Waals surface area contributed by atoms with Gasteiger partial charge >= 0.3 is 0 Å². The van der Waals surface area contributed by atoms with Crippen molar-refractivity contribution in [3.05, 3.63) is 82.1 Å². The molecule has 35 heavy (non-hydrogen) atoms.